The molecule has 0 bridgehead atoms. The van der Waals surface area contributed by atoms with Gasteiger partial charge in [0, 0.05) is 5.71 Å². The Hall–Kier alpha value is -2.09. The molecule has 1 aromatic carbocycles. The maximum atomic E-state index is 12.6. The Balaban J connectivity index is 2.45. The lowest BCUT2D eigenvalue weighted by atomic mass is 9.88. The number of carbonyl (C=O) groups excluding carboxylic acids is 2. The molecule has 2 amide bonds. The minimum Gasteiger partial charge on any atom is -0.503 e. The first-order valence-electron chi connectivity index (χ1n) is 7.91. The number of nitrogens with one attached hydrogen (secondary N) is 1. The topological polar surface area (TPSA) is 97.2 Å². The molecule has 1 aromatic rings. The van der Waals surface area contributed by atoms with E-state index in [-0.39, 0.29) is 17.6 Å². The number of aromatic hydroxyl groups is 1. The molecule has 3 unspecified atom stereocenters. The van der Waals surface area contributed by atoms with Crippen LogP contribution in [0.4, 0.5) is 4.79 Å². The summed E-state index contributed by atoms with van der Waals surface area (Å²) in [5.74, 6) is -1.04. The highest BCUT2D eigenvalue weighted by Crippen LogP contribution is 2.39. The van der Waals surface area contributed by atoms with E-state index in [1.165, 1.54) is 7.11 Å². The van der Waals surface area contributed by atoms with Gasteiger partial charge in [0.05, 0.1) is 23.7 Å². The summed E-state index contributed by atoms with van der Waals surface area (Å²) in [4.78, 5) is 28.3. The molecule has 25 heavy (non-hydrogen) atoms. The first-order chi connectivity index (χ1) is 11.8. The highest BCUT2D eigenvalue weighted by atomic mass is 79.9. The zero-order valence-corrected chi connectivity index (χ0v) is 16.1. The molecule has 3 atom stereocenters. The highest BCUT2D eigenvalue weighted by Gasteiger charge is 2.39. The van der Waals surface area contributed by atoms with E-state index in [4.69, 9.17) is 9.47 Å². The number of urea groups is 1. The SMILES string of the molecule is CCC(C)OC(=O)C1C(C)=NC(=O)NC1c1cc(Br)c(O)c(OC)c1. The van der Waals surface area contributed by atoms with Gasteiger partial charge in [-0.2, -0.15) is 0 Å². The number of benzene rings is 1. The Morgan fingerprint density at radius 3 is 2.76 bits per heavy atom. The third kappa shape index (κ3) is 4.12. The van der Waals surface area contributed by atoms with Crippen LogP contribution in [0.3, 0.4) is 0 Å². The lowest BCUT2D eigenvalue weighted by molar-refractivity contribution is -0.151. The zero-order chi connectivity index (χ0) is 18.7. The normalized spacial score (nSPS) is 21.2. The van der Waals surface area contributed by atoms with Gasteiger partial charge in [-0.05, 0) is 53.9 Å². The Bertz CT molecular complexity index is 719. The van der Waals surface area contributed by atoms with Crippen molar-refractivity contribution < 1.29 is 24.2 Å². The third-order valence-corrected chi connectivity index (χ3v) is 4.72. The molecule has 1 heterocycles. The van der Waals surface area contributed by atoms with Crippen molar-refractivity contribution in [3.63, 3.8) is 0 Å². The van der Waals surface area contributed by atoms with E-state index in [1.807, 2.05) is 6.92 Å². The van der Waals surface area contributed by atoms with Crippen molar-refractivity contribution in [2.45, 2.75) is 39.3 Å². The molecule has 7 nitrogen and oxygen atoms in total. The lowest BCUT2D eigenvalue weighted by Gasteiger charge is -2.30. The zero-order valence-electron chi connectivity index (χ0n) is 14.5. The van der Waals surface area contributed by atoms with Gasteiger partial charge in [0.1, 0.15) is 5.92 Å². The number of aliphatic imine (C=N–C) groups is 1. The molecule has 1 aliphatic heterocycles. The van der Waals surface area contributed by atoms with Gasteiger partial charge in [-0.25, -0.2) is 9.79 Å². The molecule has 2 N–H and O–H groups in total. The molecule has 0 spiro atoms. The number of phenols is 1. The van der Waals surface area contributed by atoms with Gasteiger partial charge in [-0.1, -0.05) is 6.92 Å². The molecule has 0 aliphatic carbocycles. The standard InChI is InChI=1S/C17H21BrN2O5/c1-5-8(2)25-16(22)13-9(3)19-17(23)20-14(13)10-6-11(18)15(21)12(7-10)24-4/h6-8,13-14,21H,5H2,1-4H3,(H,20,23). The van der Waals surface area contributed by atoms with Crippen molar-refractivity contribution in [1.29, 1.82) is 0 Å². The van der Waals surface area contributed by atoms with Gasteiger partial charge in [0.25, 0.3) is 0 Å². The molecule has 0 saturated carbocycles. The summed E-state index contributed by atoms with van der Waals surface area (Å²) in [7, 11) is 1.42. The minimum atomic E-state index is -0.757. The largest absolute Gasteiger partial charge is 0.503 e. The highest BCUT2D eigenvalue weighted by molar-refractivity contribution is 9.10. The number of methoxy groups -OCH3 is 1. The van der Waals surface area contributed by atoms with Crippen LogP contribution >= 0.6 is 15.9 Å². The second-order valence-electron chi connectivity index (χ2n) is 5.87. The predicted octanol–water partition coefficient (Wildman–Crippen LogP) is 3.35. The van der Waals surface area contributed by atoms with Crippen LogP contribution in [0.15, 0.2) is 21.6 Å². The number of nitrogens with zero attached hydrogens (tertiary/aromatic N) is 1. The minimum absolute atomic E-state index is 0.0579. The van der Waals surface area contributed by atoms with Crippen molar-refractivity contribution in [3.8, 4) is 11.5 Å². The first-order valence-corrected chi connectivity index (χ1v) is 8.70. The average Bonchev–Trinajstić information content (AvgIpc) is 2.56. The number of esters is 1. The Morgan fingerprint density at radius 2 is 2.16 bits per heavy atom. The summed E-state index contributed by atoms with van der Waals surface area (Å²) in [6.07, 6.45) is 0.448. The fourth-order valence-corrected chi connectivity index (χ4v) is 3.05. The van der Waals surface area contributed by atoms with Crippen molar-refractivity contribution in [2.75, 3.05) is 7.11 Å². The van der Waals surface area contributed by atoms with Gasteiger partial charge in [0.15, 0.2) is 11.5 Å². The Kier molecular flexibility index (Phi) is 6.05. The quantitative estimate of drug-likeness (QED) is 0.722. The van der Waals surface area contributed by atoms with E-state index in [0.717, 1.165) is 0 Å². The van der Waals surface area contributed by atoms with Gasteiger partial charge in [-0.15, -0.1) is 0 Å². The number of amides is 2. The monoisotopic (exact) mass is 412 g/mol. The summed E-state index contributed by atoms with van der Waals surface area (Å²) in [5.41, 5.74) is 0.973. The summed E-state index contributed by atoms with van der Waals surface area (Å²) in [6, 6.07) is 2.00. The predicted molar refractivity (Wildman–Crippen MR) is 96.1 cm³/mol. The lowest BCUT2D eigenvalue weighted by Crippen LogP contribution is -2.44. The number of phenolic OH excluding ortho intramolecular Hbond substituents is 1. The van der Waals surface area contributed by atoms with Gasteiger partial charge in [-0.3, -0.25) is 4.79 Å². The molecule has 1 aliphatic rings. The summed E-state index contributed by atoms with van der Waals surface area (Å²) in [6.45, 7) is 5.35. The van der Waals surface area contributed by atoms with E-state index in [1.54, 1.807) is 26.0 Å². The molecule has 0 aromatic heterocycles. The maximum Gasteiger partial charge on any atom is 0.341 e. The third-order valence-electron chi connectivity index (χ3n) is 4.12. The van der Waals surface area contributed by atoms with Crippen molar-refractivity contribution >= 4 is 33.6 Å². The molecular formula is C17H21BrN2O5. The van der Waals surface area contributed by atoms with Crippen LogP contribution in [0.5, 0.6) is 11.5 Å². The molecule has 8 heteroatoms. The fraction of sp³-hybridized carbons (Fsp3) is 0.471. The average molecular weight is 413 g/mol. The second-order valence-corrected chi connectivity index (χ2v) is 6.72. The second kappa shape index (κ2) is 7.86. The summed E-state index contributed by atoms with van der Waals surface area (Å²) < 4.78 is 11.0. The van der Waals surface area contributed by atoms with E-state index in [0.29, 0.717) is 22.2 Å². The van der Waals surface area contributed by atoms with Crippen LogP contribution in [-0.4, -0.2) is 36.0 Å². The van der Waals surface area contributed by atoms with E-state index in [2.05, 4.69) is 26.2 Å². The molecular weight excluding hydrogens is 392 g/mol. The summed E-state index contributed by atoms with van der Waals surface area (Å²) >= 11 is 3.25. The number of halogens is 1. The molecule has 0 radical (unpaired) electrons. The van der Waals surface area contributed by atoms with Crippen molar-refractivity contribution in [3.05, 3.63) is 22.2 Å². The maximum absolute atomic E-state index is 12.6. The molecule has 2 rings (SSSR count). The molecule has 136 valence electrons. The number of rotatable bonds is 5. The van der Waals surface area contributed by atoms with Gasteiger partial charge in [0.2, 0.25) is 0 Å². The fourth-order valence-electron chi connectivity index (χ4n) is 2.59. The van der Waals surface area contributed by atoms with Crippen LogP contribution in [0, 0.1) is 5.92 Å². The number of ether oxygens (including phenoxy) is 2. The van der Waals surface area contributed by atoms with Crippen LogP contribution < -0.4 is 10.1 Å². The molecule has 0 saturated heterocycles. The smallest absolute Gasteiger partial charge is 0.341 e. The Labute approximate surface area is 154 Å². The van der Waals surface area contributed by atoms with Crippen LogP contribution in [0.2, 0.25) is 0 Å². The Morgan fingerprint density at radius 1 is 1.48 bits per heavy atom. The van der Waals surface area contributed by atoms with Crippen LogP contribution in [-0.2, 0) is 9.53 Å². The van der Waals surface area contributed by atoms with Crippen molar-refractivity contribution in [1.82, 2.24) is 5.32 Å². The number of hydrogen-bond acceptors (Lipinski definition) is 5. The molecule has 0 fully saturated rings. The van der Waals surface area contributed by atoms with E-state index >= 15 is 0 Å². The van der Waals surface area contributed by atoms with Crippen molar-refractivity contribution in [2.24, 2.45) is 10.9 Å². The van der Waals surface area contributed by atoms with Gasteiger partial charge >= 0.3 is 12.0 Å². The van der Waals surface area contributed by atoms with E-state index in [9.17, 15) is 14.7 Å². The van der Waals surface area contributed by atoms with E-state index < -0.39 is 24.0 Å². The number of carbonyl (C=O) groups is 2. The first kappa shape index (κ1) is 19.2. The van der Waals surface area contributed by atoms with Crippen LogP contribution in [0.25, 0.3) is 0 Å². The van der Waals surface area contributed by atoms with Crippen LogP contribution in [0.1, 0.15) is 38.8 Å². The number of hydrogen-bond donors (Lipinski definition) is 2. The summed E-state index contributed by atoms with van der Waals surface area (Å²) in [5, 5.41) is 12.7. The van der Waals surface area contributed by atoms with Gasteiger partial charge < -0.3 is 19.9 Å².